The third-order valence-corrected chi connectivity index (χ3v) is 2.50. The zero-order valence-corrected chi connectivity index (χ0v) is 11.2. The number of nitrogens with zero attached hydrogens (tertiary/aromatic N) is 5. The van der Waals surface area contributed by atoms with Gasteiger partial charge in [-0.3, -0.25) is 4.98 Å². The van der Waals surface area contributed by atoms with Gasteiger partial charge >= 0.3 is 5.69 Å². The maximum absolute atomic E-state index is 11.5. The van der Waals surface area contributed by atoms with E-state index in [4.69, 9.17) is 5.11 Å². The van der Waals surface area contributed by atoms with Crippen LogP contribution in [0.15, 0.2) is 16.1 Å². The average molecular weight is 280 g/mol. The summed E-state index contributed by atoms with van der Waals surface area (Å²) in [6.45, 7) is -0.283. The van der Waals surface area contributed by atoms with Gasteiger partial charge in [0.25, 0.3) is 0 Å². The van der Waals surface area contributed by atoms with Crippen molar-refractivity contribution < 1.29 is 10.2 Å². The standard InChI is InChI=1S/C11H16N6O3/c1-16(2)5-13-9-8-10(15-11(20)14-9)17(6-12-8)3-7(19)4-18/h5-7,18-19H,3-4H2,1-2H3,(H,14,15,20)/b13-5+/t7-/m0/s1. The highest BCUT2D eigenvalue weighted by atomic mass is 16.3. The SMILES string of the molecule is CN(C)/C=N/c1[nH]c(=O)nc2c1ncn2C[C@H](O)CO. The summed E-state index contributed by atoms with van der Waals surface area (Å²) in [5.41, 5.74) is 0.184. The van der Waals surface area contributed by atoms with E-state index in [0.29, 0.717) is 17.0 Å². The van der Waals surface area contributed by atoms with Crippen LogP contribution in [0.2, 0.25) is 0 Å². The third-order valence-electron chi connectivity index (χ3n) is 2.50. The van der Waals surface area contributed by atoms with Crippen LogP contribution in [-0.4, -0.2) is 67.8 Å². The molecule has 0 aliphatic rings. The summed E-state index contributed by atoms with van der Waals surface area (Å²) in [6.07, 6.45) is 2.03. The zero-order valence-electron chi connectivity index (χ0n) is 11.2. The van der Waals surface area contributed by atoms with Gasteiger partial charge in [-0.25, -0.2) is 14.8 Å². The molecule has 0 saturated heterocycles. The first-order valence-corrected chi connectivity index (χ1v) is 5.96. The Kier molecular flexibility index (Phi) is 4.11. The highest BCUT2D eigenvalue weighted by Crippen LogP contribution is 2.18. The molecule has 3 N–H and O–H groups in total. The number of aliphatic hydroxyl groups is 2. The normalized spacial score (nSPS) is 13.2. The largest absolute Gasteiger partial charge is 0.394 e. The fourth-order valence-electron chi connectivity index (χ4n) is 1.63. The highest BCUT2D eigenvalue weighted by molar-refractivity contribution is 5.82. The number of imidazole rings is 1. The molecule has 2 rings (SSSR count). The number of aromatic nitrogens is 4. The fourth-order valence-corrected chi connectivity index (χ4v) is 1.63. The summed E-state index contributed by atoms with van der Waals surface area (Å²) >= 11 is 0. The van der Waals surface area contributed by atoms with Gasteiger partial charge in [-0.15, -0.1) is 0 Å². The van der Waals surface area contributed by atoms with E-state index >= 15 is 0 Å². The van der Waals surface area contributed by atoms with E-state index in [1.165, 1.54) is 17.2 Å². The van der Waals surface area contributed by atoms with Crippen LogP contribution in [0.4, 0.5) is 5.82 Å². The van der Waals surface area contributed by atoms with Crippen molar-refractivity contribution in [2.75, 3.05) is 20.7 Å². The lowest BCUT2D eigenvalue weighted by Gasteiger charge is -2.08. The number of aliphatic imine (C=N–C) groups is 1. The number of nitrogens with one attached hydrogen (secondary N) is 1. The molecule has 1 atom stereocenters. The maximum atomic E-state index is 11.5. The number of hydrogen-bond acceptors (Lipinski definition) is 6. The minimum absolute atomic E-state index is 0.0975. The Hall–Kier alpha value is -2.26. The Morgan fingerprint density at radius 3 is 3.00 bits per heavy atom. The van der Waals surface area contributed by atoms with Gasteiger partial charge in [0.15, 0.2) is 17.0 Å². The van der Waals surface area contributed by atoms with Crippen LogP contribution in [0.3, 0.4) is 0 Å². The van der Waals surface area contributed by atoms with E-state index in [9.17, 15) is 9.90 Å². The van der Waals surface area contributed by atoms with Crippen LogP contribution in [0.1, 0.15) is 0 Å². The van der Waals surface area contributed by atoms with E-state index in [1.807, 2.05) is 0 Å². The topological polar surface area (TPSA) is 120 Å². The quantitative estimate of drug-likeness (QED) is 0.462. The molecule has 0 spiro atoms. The van der Waals surface area contributed by atoms with Crippen molar-refractivity contribution in [2.45, 2.75) is 12.6 Å². The molecule has 0 radical (unpaired) electrons. The van der Waals surface area contributed by atoms with Crippen LogP contribution in [0, 0.1) is 0 Å². The number of rotatable bonds is 5. The molecule has 9 nitrogen and oxygen atoms in total. The second-order valence-corrected chi connectivity index (χ2v) is 4.50. The molecule has 2 aromatic heterocycles. The molecule has 0 aliphatic carbocycles. The van der Waals surface area contributed by atoms with Crippen molar-refractivity contribution in [2.24, 2.45) is 4.99 Å². The van der Waals surface area contributed by atoms with Crippen molar-refractivity contribution in [1.82, 2.24) is 24.4 Å². The molecule has 0 saturated carbocycles. The number of fused-ring (bicyclic) bond motifs is 1. The minimum atomic E-state index is -0.942. The Labute approximate surface area is 114 Å². The molecule has 0 fully saturated rings. The maximum Gasteiger partial charge on any atom is 0.348 e. The van der Waals surface area contributed by atoms with Crippen LogP contribution in [0.25, 0.3) is 11.2 Å². The highest BCUT2D eigenvalue weighted by Gasteiger charge is 2.12. The van der Waals surface area contributed by atoms with Crippen molar-refractivity contribution in [3.8, 4) is 0 Å². The molecular formula is C11H16N6O3. The predicted octanol–water partition coefficient (Wildman–Crippen LogP) is -1.31. The van der Waals surface area contributed by atoms with Gasteiger partial charge in [0.1, 0.15) is 0 Å². The van der Waals surface area contributed by atoms with Crippen LogP contribution in [0.5, 0.6) is 0 Å². The lowest BCUT2D eigenvalue weighted by atomic mass is 10.4. The Bertz CT molecular complexity index is 674. The molecular weight excluding hydrogens is 264 g/mol. The summed E-state index contributed by atoms with van der Waals surface area (Å²) in [6, 6.07) is 0. The van der Waals surface area contributed by atoms with Gasteiger partial charge in [0.05, 0.1) is 31.9 Å². The molecule has 0 bridgehead atoms. The second kappa shape index (κ2) is 5.80. The van der Waals surface area contributed by atoms with Gasteiger partial charge < -0.3 is 19.7 Å². The number of H-pyrrole nitrogens is 1. The van der Waals surface area contributed by atoms with E-state index < -0.39 is 11.8 Å². The first kappa shape index (κ1) is 14.2. The summed E-state index contributed by atoms with van der Waals surface area (Å²) < 4.78 is 1.50. The first-order chi connectivity index (χ1) is 9.51. The number of hydrogen-bond donors (Lipinski definition) is 3. The summed E-state index contributed by atoms with van der Waals surface area (Å²) in [5.74, 6) is 0.297. The summed E-state index contributed by atoms with van der Waals surface area (Å²) in [5, 5.41) is 18.3. The lowest BCUT2D eigenvalue weighted by Crippen LogP contribution is -2.20. The fraction of sp³-hybridized carbons (Fsp3) is 0.455. The van der Waals surface area contributed by atoms with Crippen LogP contribution >= 0.6 is 0 Å². The summed E-state index contributed by atoms with van der Waals surface area (Å²) in [4.78, 5) is 27.8. The first-order valence-electron chi connectivity index (χ1n) is 5.96. The van der Waals surface area contributed by atoms with Gasteiger partial charge in [-0.1, -0.05) is 0 Å². The smallest absolute Gasteiger partial charge is 0.348 e. The average Bonchev–Trinajstić information content (AvgIpc) is 2.79. The van der Waals surface area contributed by atoms with E-state index in [-0.39, 0.29) is 13.2 Å². The third kappa shape index (κ3) is 3.00. The molecule has 20 heavy (non-hydrogen) atoms. The van der Waals surface area contributed by atoms with Crippen molar-refractivity contribution in [3.05, 3.63) is 16.8 Å². The molecule has 9 heteroatoms. The molecule has 2 aromatic rings. The summed E-state index contributed by atoms with van der Waals surface area (Å²) in [7, 11) is 3.60. The van der Waals surface area contributed by atoms with E-state index in [2.05, 4.69) is 19.9 Å². The van der Waals surface area contributed by atoms with Gasteiger partial charge in [-0.05, 0) is 0 Å². The molecule has 2 heterocycles. The van der Waals surface area contributed by atoms with Crippen molar-refractivity contribution in [3.63, 3.8) is 0 Å². The van der Waals surface area contributed by atoms with Crippen LogP contribution < -0.4 is 5.69 Å². The Morgan fingerprint density at radius 1 is 1.60 bits per heavy atom. The minimum Gasteiger partial charge on any atom is -0.394 e. The Morgan fingerprint density at radius 2 is 2.35 bits per heavy atom. The van der Waals surface area contributed by atoms with Crippen molar-refractivity contribution in [1.29, 1.82) is 0 Å². The molecule has 108 valence electrons. The predicted molar refractivity (Wildman–Crippen MR) is 73.1 cm³/mol. The van der Waals surface area contributed by atoms with Gasteiger partial charge in [0, 0.05) is 14.1 Å². The monoisotopic (exact) mass is 280 g/mol. The molecule has 0 amide bonds. The van der Waals surface area contributed by atoms with E-state index in [1.54, 1.807) is 19.0 Å². The molecule has 0 unspecified atom stereocenters. The lowest BCUT2D eigenvalue weighted by molar-refractivity contribution is 0.0819. The van der Waals surface area contributed by atoms with Crippen LogP contribution in [-0.2, 0) is 6.54 Å². The van der Waals surface area contributed by atoms with Crippen molar-refractivity contribution >= 4 is 23.3 Å². The van der Waals surface area contributed by atoms with Gasteiger partial charge in [0.2, 0.25) is 0 Å². The van der Waals surface area contributed by atoms with Gasteiger partial charge in [-0.2, -0.15) is 4.98 Å². The number of aliphatic hydroxyl groups excluding tert-OH is 2. The Balaban J connectivity index is 2.48. The second-order valence-electron chi connectivity index (χ2n) is 4.50. The van der Waals surface area contributed by atoms with E-state index in [0.717, 1.165) is 0 Å². The zero-order chi connectivity index (χ0) is 14.7. The molecule has 0 aliphatic heterocycles. The molecule has 0 aromatic carbocycles. The number of aromatic amines is 1.